The van der Waals surface area contributed by atoms with Gasteiger partial charge in [-0.3, -0.25) is 4.79 Å². The van der Waals surface area contributed by atoms with Gasteiger partial charge in [0.05, 0.1) is 0 Å². The molecular weight excluding hydrogens is 458 g/mol. The molecule has 0 aliphatic heterocycles. The molecule has 0 aromatic heterocycles. The van der Waals surface area contributed by atoms with Crippen LogP contribution in [0.15, 0.2) is 91.0 Å². The van der Waals surface area contributed by atoms with Gasteiger partial charge in [0.2, 0.25) is 0 Å². The molecule has 0 spiro atoms. The first-order valence-electron chi connectivity index (χ1n) is 11.7. The van der Waals surface area contributed by atoms with Gasteiger partial charge < -0.3 is 19.9 Å². The summed E-state index contributed by atoms with van der Waals surface area (Å²) in [6.07, 6.45) is -1.27. The first-order chi connectivity index (χ1) is 17.1. The van der Waals surface area contributed by atoms with Gasteiger partial charge in [-0.05, 0) is 27.2 Å². The first-order valence-corrected chi connectivity index (χ1v) is 11.7. The van der Waals surface area contributed by atoms with Crippen LogP contribution >= 0.6 is 0 Å². The number of ether oxygens (including phenoxy) is 2. The van der Waals surface area contributed by atoms with E-state index in [0.717, 1.165) is 16.7 Å². The van der Waals surface area contributed by atoms with Crippen molar-refractivity contribution >= 4 is 18.0 Å². The van der Waals surface area contributed by atoms with Gasteiger partial charge in [0.15, 0.2) is 5.60 Å². The number of aliphatic carboxylic acids is 1. The average molecular weight is 490 g/mol. The van der Waals surface area contributed by atoms with Crippen LogP contribution in [-0.4, -0.2) is 34.8 Å². The van der Waals surface area contributed by atoms with E-state index in [2.05, 4.69) is 5.32 Å². The number of rotatable bonds is 9. The summed E-state index contributed by atoms with van der Waals surface area (Å²) in [4.78, 5) is 37.1. The Morgan fingerprint density at radius 3 is 1.53 bits per heavy atom. The number of amides is 1. The SMILES string of the molecule is CC(C)(C)OC(=O)N[C@@H](CCC(=O)OC(c1ccccc1)(c1ccccc1)c1ccccc1)C(=O)O. The maximum absolute atomic E-state index is 13.3. The van der Waals surface area contributed by atoms with Gasteiger partial charge in [-0.2, -0.15) is 0 Å². The summed E-state index contributed by atoms with van der Waals surface area (Å²) < 4.78 is 11.4. The fraction of sp³-hybridized carbons (Fsp3) is 0.276. The number of carboxylic acid groups (broad SMARTS) is 1. The molecule has 1 amide bonds. The number of carbonyl (C=O) groups excluding carboxylic acids is 2. The first kappa shape index (κ1) is 26.5. The molecular formula is C29H31NO6. The average Bonchev–Trinajstić information content (AvgIpc) is 2.85. The fourth-order valence-electron chi connectivity index (χ4n) is 3.89. The smallest absolute Gasteiger partial charge is 0.408 e. The highest BCUT2D eigenvalue weighted by Crippen LogP contribution is 2.40. The van der Waals surface area contributed by atoms with Gasteiger partial charge in [0.1, 0.15) is 11.6 Å². The minimum Gasteiger partial charge on any atom is -0.480 e. The summed E-state index contributed by atoms with van der Waals surface area (Å²) in [5, 5.41) is 11.9. The van der Waals surface area contributed by atoms with E-state index in [1.807, 2.05) is 91.0 Å². The number of hydrogen-bond donors (Lipinski definition) is 2. The summed E-state index contributed by atoms with van der Waals surface area (Å²) in [5.74, 6) is -1.88. The molecule has 3 rings (SSSR count). The summed E-state index contributed by atoms with van der Waals surface area (Å²) >= 11 is 0. The Hall–Kier alpha value is -4.13. The highest BCUT2D eigenvalue weighted by Gasteiger charge is 2.40. The number of nitrogens with one attached hydrogen (secondary N) is 1. The molecule has 0 fully saturated rings. The van der Waals surface area contributed by atoms with Gasteiger partial charge in [-0.1, -0.05) is 91.0 Å². The molecule has 2 N–H and O–H groups in total. The summed E-state index contributed by atoms with van der Waals surface area (Å²) in [6.45, 7) is 5.03. The van der Waals surface area contributed by atoms with E-state index in [0.29, 0.717) is 0 Å². The highest BCUT2D eigenvalue weighted by atomic mass is 16.6. The predicted octanol–water partition coefficient (Wildman–Crippen LogP) is 5.28. The Labute approximate surface area is 211 Å². The number of esters is 1. The van der Waals surface area contributed by atoms with Crippen LogP contribution in [0.25, 0.3) is 0 Å². The maximum atomic E-state index is 13.3. The van der Waals surface area contributed by atoms with Crippen molar-refractivity contribution in [3.63, 3.8) is 0 Å². The van der Waals surface area contributed by atoms with E-state index in [4.69, 9.17) is 9.47 Å². The molecule has 1 atom stereocenters. The normalized spacial score (nSPS) is 12.3. The Kier molecular flexibility index (Phi) is 8.48. The van der Waals surface area contributed by atoms with Crippen molar-refractivity contribution in [3.05, 3.63) is 108 Å². The Bertz CT molecular complexity index is 1060. The van der Waals surface area contributed by atoms with E-state index >= 15 is 0 Å². The Balaban J connectivity index is 1.90. The molecule has 188 valence electrons. The lowest BCUT2D eigenvalue weighted by molar-refractivity contribution is -0.154. The molecule has 3 aromatic carbocycles. The zero-order valence-corrected chi connectivity index (χ0v) is 20.6. The molecule has 0 saturated heterocycles. The molecule has 0 radical (unpaired) electrons. The lowest BCUT2D eigenvalue weighted by atomic mass is 9.80. The number of hydrogen-bond acceptors (Lipinski definition) is 5. The largest absolute Gasteiger partial charge is 0.480 e. The van der Waals surface area contributed by atoms with Crippen LogP contribution in [0.1, 0.15) is 50.3 Å². The van der Waals surface area contributed by atoms with E-state index in [1.165, 1.54) is 0 Å². The molecule has 7 nitrogen and oxygen atoms in total. The van der Waals surface area contributed by atoms with Gasteiger partial charge in [0.25, 0.3) is 0 Å². The van der Waals surface area contributed by atoms with E-state index in [-0.39, 0.29) is 12.8 Å². The monoisotopic (exact) mass is 489 g/mol. The van der Waals surface area contributed by atoms with Crippen LogP contribution in [0.3, 0.4) is 0 Å². The van der Waals surface area contributed by atoms with Crippen LogP contribution in [-0.2, 0) is 24.7 Å². The zero-order valence-electron chi connectivity index (χ0n) is 20.6. The second-order valence-electron chi connectivity index (χ2n) is 9.33. The summed E-state index contributed by atoms with van der Waals surface area (Å²) in [7, 11) is 0. The van der Waals surface area contributed by atoms with Crippen LogP contribution in [0.4, 0.5) is 4.79 Å². The van der Waals surface area contributed by atoms with E-state index in [1.54, 1.807) is 20.8 Å². The van der Waals surface area contributed by atoms with Gasteiger partial charge in [-0.25, -0.2) is 9.59 Å². The lowest BCUT2D eigenvalue weighted by Crippen LogP contribution is -2.44. The summed E-state index contributed by atoms with van der Waals surface area (Å²) in [6, 6.07) is 26.9. The van der Waals surface area contributed by atoms with Crippen LogP contribution in [0.5, 0.6) is 0 Å². The number of benzene rings is 3. The quantitative estimate of drug-likeness (QED) is 0.313. The standard InChI is InChI=1S/C29H31NO6/c1-28(2,3)36-27(34)30-24(26(32)33)19-20-25(31)35-29(21-13-7-4-8-14-21,22-15-9-5-10-16-22)23-17-11-6-12-18-23/h4-18,24H,19-20H2,1-3H3,(H,30,34)(H,32,33)/t24-/m0/s1. The topological polar surface area (TPSA) is 102 Å². The van der Waals surface area contributed by atoms with Crippen LogP contribution in [0, 0.1) is 0 Å². The molecule has 0 aliphatic carbocycles. The molecule has 0 aliphatic rings. The van der Waals surface area contributed by atoms with E-state index < -0.39 is 35.3 Å². The fourth-order valence-corrected chi connectivity index (χ4v) is 3.89. The molecule has 0 unspecified atom stereocenters. The maximum Gasteiger partial charge on any atom is 0.408 e. The lowest BCUT2D eigenvalue weighted by Gasteiger charge is -2.35. The molecule has 36 heavy (non-hydrogen) atoms. The molecule has 0 heterocycles. The molecule has 0 bridgehead atoms. The van der Waals surface area contributed by atoms with Crippen molar-refractivity contribution < 1.29 is 29.0 Å². The Morgan fingerprint density at radius 2 is 1.17 bits per heavy atom. The van der Waals surface area contributed by atoms with Crippen LogP contribution < -0.4 is 5.32 Å². The van der Waals surface area contributed by atoms with Crippen molar-refractivity contribution in [1.82, 2.24) is 5.32 Å². The highest BCUT2D eigenvalue weighted by molar-refractivity contribution is 5.81. The van der Waals surface area contributed by atoms with Crippen LogP contribution in [0.2, 0.25) is 0 Å². The minimum atomic E-state index is -1.31. The zero-order chi connectivity index (χ0) is 26.2. The van der Waals surface area contributed by atoms with Crippen molar-refractivity contribution in [1.29, 1.82) is 0 Å². The third-order valence-corrected chi connectivity index (χ3v) is 5.43. The van der Waals surface area contributed by atoms with Crippen molar-refractivity contribution in [3.8, 4) is 0 Å². The van der Waals surface area contributed by atoms with Crippen molar-refractivity contribution in [2.24, 2.45) is 0 Å². The number of alkyl carbamates (subject to hydrolysis) is 1. The summed E-state index contributed by atoms with van der Waals surface area (Å²) in [5.41, 5.74) is 0.206. The predicted molar refractivity (Wildman–Crippen MR) is 135 cm³/mol. The van der Waals surface area contributed by atoms with Gasteiger partial charge in [-0.15, -0.1) is 0 Å². The number of carbonyl (C=O) groups is 3. The van der Waals surface area contributed by atoms with E-state index in [9.17, 15) is 19.5 Å². The van der Waals surface area contributed by atoms with Gasteiger partial charge >= 0.3 is 18.0 Å². The second-order valence-corrected chi connectivity index (χ2v) is 9.33. The van der Waals surface area contributed by atoms with Crippen molar-refractivity contribution in [2.75, 3.05) is 0 Å². The molecule has 0 saturated carbocycles. The Morgan fingerprint density at radius 1 is 0.750 bits per heavy atom. The van der Waals surface area contributed by atoms with Gasteiger partial charge in [0, 0.05) is 23.1 Å². The van der Waals surface area contributed by atoms with Crippen molar-refractivity contribution in [2.45, 2.75) is 50.9 Å². The minimum absolute atomic E-state index is 0.165. The molecule has 7 heteroatoms. The number of carboxylic acids is 1. The molecule has 3 aromatic rings. The third-order valence-electron chi connectivity index (χ3n) is 5.43. The third kappa shape index (κ3) is 6.72. The second kappa shape index (κ2) is 11.5.